The summed E-state index contributed by atoms with van der Waals surface area (Å²) in [6, 6.07) is 61.1. The van der Waals surface area contributed by atoms with Crippen LogP contribution in [0.2, 0.25) is 0 Å². The summed E-state index contributed by atoms with van der Waals surface area (Å²) in [7, 11) is 0. The second-order valence-electron chi connectivity index (χ2n) is 15.3. The van der Waals surface area contributed by atoms with Crippen molar-refractivity contribution in [1.29, 1.82) is 0 Å². The number of rotatable bonds is 3. The molecule has 5 heterocycles. The molecule has 0 atom stereocenters. The summed E-state index contributed by atoms with van der Waals surface area (Å²) >= 11 is 0. The lowest BCUT2D eigenvalue weighted by molar-refractivity contribution is 0.666. The third-order valence-electron chi connectivity index (χ3n) is 12.4. The van der Waals surface area contributed by atoms with Crippen LogP contribution in [0.25, 0.3) is 132 Å². The Morgan fingerprint density at radius 2 is 1.07 bits per heavy atom. The number of aromatic nitrogens is 4. The maximum atomic E-state index is 6.61. The van der Waals surface area contributed by atoms with Crippen LogP contribution in [0.3, 0.4) is 0 Å². The number of fused-ring (bicyclic) bond motifs is 8. The molecule has 14 rings (SSSR count). The molecule has 0 saturated heterocycles. The highest BCUT2D eigenvalue weighted by Gasteiger charge is 2.27. The first-order chi connectivity index (χ1) is 28.3. The highest BCUT2D eigenvalue weighted by Crippen LogP contribution is 2.48. The predicted octanol–water partition coefficient (Wildman–Crippen LogP) is 13.7. The van der Waals surface area contributed by atoms with Crippen molar-refractivity contribution in [2.45, 2.75) is 0 Å². The molecule has 0 aliphatic heterocycles. The van der Waals surface area contributed by atoms with E-state index in [2.05, 4.69) is 161 Å². The largest absolute Gasteiger partial charge is 0.452 e. The molecule has 0 aliphatic rings. The lowest BCUT2D eigenvalue weighted by Crippen LogP contribution is -2.03. The van der Waals surface area contributed by atoms with Crippen molar-refractivity contribution in [3.8, 4) is 28.3 Å². The lowest BCUT2D eigenvalue weighted by Gasteiger charge is -2.12. The summed E-state index contributed by atoms with van der Waals surface area (Å²) in [6.07, 6.45) is 0. The first kappa shape index (κ1) is 29.6. The van der Waals surface area contributed by atoms with E-state index in [0.717, 1.165) is 44.3 Å². The van der Waals surface area contributed by atoms with E-state index in [1.54, 1.807) is 0 Å². The minimum Gasteiger partial charge on any atom is -0.452 e. The molecule has 0 radical (unpaired) electrons. The Hall–Kier alpha value is -7.76. The van der Waals surface area contributed by atoms with Crippen molar-refractivity contribution >= 4 is 104 Å². The maximum Gasteiger partial charge on any atom is 0.236 e. The van der Waals surface area contributed by atoms with Crippen molar-refractivity contribution in [1.82, 2.24) is 18.9 Å². The van der Waals surface area contributed by atoms with Crippen LogP contribution >= 0.6 is 0 Å². The second kappa shape index (κ2) is 10.5. The third-order valence-corrected chi connectivity index (χ3v) is 12.4. The molecule has 0 N–H and O–H groups in total. The van der Waals surface area contributed by atoms with Crippen LogP contribution in [-0.2, 0) is 0 Å². The van der Waals surface area contributed by atoms with Gasteiger partial charge in [-0.1, -0.05) is 127 Å². The van der Waals surface area contributed by atoms with Gasteiger partial charge in [0, 0.05) is 43.3 Å². The van der Waals surface area contributed by atoms with Crippen LogP contribution in [0, 0.1) is 0 Å². The highest BCUT2D eigenvalue weighted by atomic mass is 16.3. The molecule has 0 saturated carbocycles. The van der Waals surface area contributed by atoms with E-state index < -0.39 is 0 Å². The molecule has 57 heavy (non-hydrogen) atoms. The van der Waals surface area contributed by atoms with E-state index in [1.807, 2.05) is 18.2 Å². The molecule has 5 heteroatoms. The van der Waals surface area contributed by atoms with E-state index in [4.69, 9.17) is 14.4 Å². The average Bonchev–Trinajstić information content (AvgIpc) is 3.90. The van der Waals surface area contributed by atoms with Gasteiger partial charge in [0.15, 0.2) is 5.58 Å². The van der Waals surface area contributed by atoms with E-state index in [0.29, 0.717) is 11.5 Å². The summed E-state index contributed by atoms with van der Waals surface area (Å²) < 4.78 is 11.4. The van der Waals surface area contributed by atoms with E-state index in [-0.39, 0.29) is 0 Å². The van der Waals surface area contributed by atoms with Gasteiger partial charge in [-0.05, 0) is 75.1 Å². The van der Waals surface area contributed by atoms with E-state index in [9.17, 15) is 0 Å². The van der Waals surface area contributed by atoms with Crippen molar-refractivity contribution in [2.75, 3.05) is 0 Å². The Bertz CT molecular complexity index is 3980. The van der Waals surface area contributed by atoms with Gasteiger partial charge in [0.25, 0.3) is 0 Å². The quantitative estimate of drug-likeness (QED) is 0.170. The Morgan fingerprint density at radius 3 is 1.98 bits per heavy atom. The summed E-state index contributed by atoms with van der Waals surface area (Å²) in [5.74, 6) is 0.616. The Kier molecular flexibility index (Phi) is 5.45. The summed E-state index contributed by atoms with van der Waals surface area (Å²) in [4.78, 5) is 10.9. The van der Waals surface area contributed by atoms with Crippen LogP contribution < -0.4 is 0 Å². The summed E-state index contributed by atoms with van der Waals surface area (Å²) in [6.45, 7) is 0. The second-order valence-corrected chi connectivity index (χ2v) is 15.3. The standard InChI is InChI=1S/C52H28N4O/c1-2-9-34-28-35(23-18-29(34)8-1)30-16-21-33(22-17-30)48-51-49(38-12-4-6-15-43(38)57-51)54-52(53-48)56-41-26-24-32-20-19-31-10-7-14-40-44(31)45(32)46(41)47-42(56)27-25-37-36-11-3-5-13-39(36)55(40)50(37)47/h1-28H. The Labute approximate surface area is 323 Å². The van der Waals surface area contributed by atoms with Gasteiger partial charge in [-0.25, -0.2) is 9.97 Å². The van der Waals surface area contributed by atoms with Gasteiger partial charge in [0.05, 0.1) is 27.6 Å². The van der Waals surface area contributed by atoms with E-state index >= 15 is 0 Å². The molecule has 0 unspecified atom stereocenters. The average molecular weight is 725 g/mol. The molecule has 14 aromatic rings. The highest BCUT2D eigenvalue weighted by molar-refractivity contribution is 6.37. The van der Waals surface area contributed by atoms with Crippen LogP contribution in [0.5, 0.6) is 0 Å². The smallest absolute Gasteiger partial charge is 0.236 e. The molecule has 0 spiro atoms. The Balaban J connectivity index is 1.10. The number of hydrogen-bond acceptors (Lipinski definition) is 3. The molecular formula is C52H28N4O. The first-order valence-corrected chi connectivity index (χ1v) is 19.4. The number of benzene rings is 9. The van der Waals surface area contributed by atoms with Gasteiger partial charge in [-0.2, -0.15) is 0 Å². The molecule has 0 aliphatic carbocycles. The van der Waals surface area contributed by atoms with Gasteiger partial charge in [-0.15, -0.1) is 0 Å². The van der Waals surface area contributed by atoms with Crippen LogP contribution in [-0.4, -0.2) is 18.9 Å². The zero-order valence-electron chi connectivity index (χ0n) is 30.4. The lowest BCUT2D eigenvalue weighted by atomic mass is 9.97. The number of para-hydroxylation sites is 2. The monoisotopic (exact) mass is 724 g/mol. The third kappa shape index (κ3) is 3.78. The van der Waals surface area contributed by atoms with Crippen LogP contribution in [0.15, 0.2) is 174 Å². The van der Waals surface area contributed by atoms with Gasteiger partial charge in [0.2, 0.25) is 5.95 Å². The summed E-state index contributed by atoms with van der Waals surface area (Å²) in [5.41, 5.74) is 12.1. The van der Waals surface area contributed by atoms with Gasteiger partial charge in [-0.3, -0.25) is 4.57 Å². The summed E-state index contributed by atoms with van der Waals surface area (Å²) in [5, 5.41) is 13.3. The molecule has 9 aromatic carbocycles. The SMILES string of the molecule is c1ccc2cc(-c3ccc(-c4nc(-n5c6ccc7ccc8cccc9c8c7c6c6c5ccc5c7ccccc7n9c56)nc5c4oc4ccccc45)cc3)ccc2c1. The zero-order chi connectivity index (χ0) is 36.9. The van der Waals surface area contributed by atoms with Crippen molar-refractivity contribution in [3.05, 3.63) is 170 Å². The van der Waals surface area contributed by atoms with Crippen molar-refractivity contribution < 1.29 is 4.42 Å². The van der Waals surface area contributed by atoms with Crippen LogP contribution in [0.4, 0.5) is 0 Å². The fraction of sp³-hybridized carbons (Fsp3) is 0. The number of nitrogens with zero attached hydrogens (tertiary/aromatic N) is 4. The minimum absolute atomic E-state index is 0.616. The predicted molar refractivity (Wildman–Crippen MR) is 235 cm³/mol. The molecule has 262 valence electrons. The fourth-order valence-corrected chi connectivity index (χ4v) is 9.93. The number of furan rings is 1. The zero-order valence-corrected chi connectivity index (χ0v) is 30.4. The number of hydrogen-bond donors (Lipinski definition) is 0. The maximum absolute atomic E-state index is 6.61. The molecule has 5 nitrogen and oxygen atoms in total. The van der Waals surface area contributed by atoms with Gasteiger partial charge >= 0.3 is 0 Å². The molecule has 0 fully saturated rings. The van der Waals surface area contributed by atoms with Crippen molar-refractivity contribution in [2.24, 2.45) is 0 Å². The van der Waals surface area contributed by atoms with Gasteiger partial charge in [0.1, 0.15) is 16.8 Å². The first-order valence-electron chi connectivity index (χ1n) is 19.4. The van der Waals surface area contributed by atoms with Gasteiger partial charge < -0.3 is 8.82 Å². The topological polar surface area (TPSA) is 48.3 Å². The molecular weight excluding hydrogens is 697 g/mol. The van der Waals surface area contributed by atoms with Crippen LogP contribution in [0.1, 0.15) is 0 Å². The normalized spacial score (nSPS) is 12.6. The Morgan fingerprint density at radius 1 is 0.404 bits per heavy atom. The molecule has 0 amide bonds. The minimum atomic E-state index is 0.616. The molecule has 0 bridgehead atoms. The van der Waals surface area contributed by atoms with Crippen molar-refractivity contribution in [3.63, 3.8) is 0 Å². The molecule has 5 aromatic heterocycles. The van der Waals surface area contributed by atoms with E-state index in [1.165, 1.54) is 76.0 Å². The fourth-order valence-electron chi connectivity index (χ4n) is 9.93.